The van der Waals surface area contributed by atoms with Crippen LogP contribution < -0.4 is 5.32 Å². The van der Waals surface area contributed by atoms with Crippen LogP contribution in [-0.2, 0) is 0 Å². The Morgan fingerprint density at radius 2 is 2.11 bits per heavy atom. The molecule has 0 aliphatic carbocycles. The first-order valence-corrected chi connectivity index (χ1v) is 6.65. The normalized spacial score (nSPS) is 10.8. The molecular formula is C13H10ClN3S. The van der Waals surface area contributed by atoms with Crippen LogP contribution in [0.25, 0.3) is 10.2 Å². The van der Waals surface area contributed by atoms with Crippen molar-refractivity contribution < 1.29 is 0 Å². The van der Waals surface area contributed by atoms with E-state index in [9.17, 15) is 0 Å². The third kappa shape index (κ3) is 2.30. The Bertz CT molecular complexity index is 708. The number of hydrogen-bond donors (Lipinski definition) is 1. The average Bonchev–Trinajstić information content (AvgIpc) is 2.70. The van der Waals surface area contributed by atoms with Gasteiger partial charge in [0, 0.05) is 11.2 Å². The van der Waals surface area contributed by atoms with Gasteiger partial charge >= 0.3 is 0 Å². The fraction of sp³-hybridized carbons (Fsp3) is 0.0769. The van der Waals surface area contributed by atoms with Crippen LogP contribution in [0.15, 0.2) is 36.7 Å². The highest BCUT2D eigenvalue weighted by Gasteiger charge is 2.04. The molecule has 2 aromatic heterocycles. The number of aromatic nitrogens is 2. The molecule has 1 N–H and O–H groups in total. The van der Waals surface area contributed by atoms with Gasteiger partial charge in [-0.15, -0.1) is 0 Å². The van der Waals surface area contributed by atoms with Gasteiger partial charge in [0.25, 0.3) is 0 Å². The van der Waals surface area contributed by atoms with Crippen molar-refractivity contribution in [2.45, 2.75) is 6.92 Å². The SMILES string of the molecule is Cc1cncc(Nc2nc3ccc(Cl)cc3s2)c1. The van der Waals surface area contributed by atoms with Gasteiger partial charge in [-0.25, -0.2) is 4.98 Å². The number of pyridine rings is 1. The van der Waals surface area contributed by atoms with Crippen LogP contribution in [0.5, 0.6) is 0 Å². The maximum atomic E-state index is 5.96. The summed E-state index contributed by atoms with van der Waals surface area (Å²) in [4.78, 5) is 8.64. The lowest BCUT2D eigenvalue weighted by Crippen LogP contribution is -1.90. The number of anilines is 2. The van der Waals surface area contributed by atoms with Crippen molar-refractivity contribution in [3.63, 3.8) is 0 Å². The molecule has 0 spiro atoms. The number of halogens is 1. The largest absolute Gasteiger partial charge is 0.330 e. The predicted octanol–water partition coefficient (Wildman–Crippen LogP) is 4.40. The zero-order valence-corrected chi connectivity index (χ0v) is 11.2. The third-order valence-electron chi connectivity index (χ3n) is 2.48. The van der Waals surface area contributed by atoms with E-state index in [1.807, 2.05) is 37.4 Å². The van der Waals surface area contributed by atoms with E-state index in [1.165, 1.54) is 0 Å². The van der Waals surface area contributed by atoms with Crippen molar-refractivity contribution in [1.82, 2.24) is 9.97 Å². The molecule has 3 nitrogen and oxygen atoms in total. The number of aryl methyl sites for hydroxylation is 1. The van der Waals surface area contributed by atoms with Crippen molar-refractivity contribution in [2.75, 3.05) is 5.32 Å². The van der Waals surface area contributed by atoms with Gasteiger partial charge in [-0.2, -0.15) is 0 Å². The molecule has 5 heteroatoms. The Balaban J connectivity index is 1.95. The highest BCUT2D eigenvalue weighted by atomic mass is 35.5. The average molecular weight is 276 g/mol. The van der Waals surface area contributed by atoms with E-state index in [0.717, 1.165) is 31.6 Å². The van der Waals surface area contributed by atoms with Crippen LogP contribution in [0.2, 0.25) is 5.02 Å². The Labute approximate surface area is 113 Å². The first-order chi connectivity index (χ1) is 8.70. The number of fused-ring (bicyclic) bond motifs is 1. The highest BCUT2D eigenvalue weighted by molar-refractivity contribution is 7.22. The molecule has 3 rings (SSSR count). The van der Waals surface area contributed by atoms with Crippen molar-refractivity contribution >= 4 is 44.0 Å². The van der Waals surface area contributed by atoms with Gasteiger partial charge in [-0.1, -0.05) is 22.9 Å². The van der Waals surface area contributed by atoms with E-state index >= 15 is 0 Å². The highest BCUT2D eigenvalue weighted by Crippen LogP contribution is 2.30. The van der Waals surface area contributed by atoms with Gasteiger partial charge in [-0.05, 0) is 36.8 Å². The van der Waals surface area contributed by atoms with E-state index < -0.39 is 0 Å². The lowest BCUT2D eigenvalue weighted by molar-refractivity contribution is 1.26. The Kier molecular flexibility index (Phi) is 2.89. The summed E-state index contributed by atoms with van der Waals surface area (Å²) < 4.78 is 1.07. The first-order valence-electron chi connectivity index (χ1n) is 5.45. The van der Waals surface area contributed by atoms with Gasteiger partial charge in [0.2, 0.25) is 0 Å². The molecule has 0 bridgehead atoms. The minimum absolute atomic E-state index is 0.731. The summed E-state index contributed by atoms with van der Waals surface area (Å²) in [6.45, 7) is 2.01. The van der Waals surface area contributed by atoms with Crippen LogP contribution in [-0.4, -0.2) is 9.97 Å². The van der Waals surface area contributed by atoms with E-state index in [4.69, 9.17) is 11.6 Å². The summed E-state index contributed by atoms with van der Waals surface area (Å²) in [7, 11) is 0. The van der Waals surface area contributed by atoms with Crippen molar-refractivity contribution in [1.29, 1.82) is 0 Å². The van der Waals surface area contributed by atoms with E-state index in [0.29, 0.717) is 0 Å². The molecule has 18 heavy (non-hydrogen) atoms. The van der Waals surface area contributed by atoms with Gasteiger partial charge in [-0.3, -0.25) is 4.98 Å². The second-order valence-corrected chi connectivity index (χ2v) is 5.47. The van der Waals surface area contributed by atoms with Gasteiger partial charge < -0.3 is 5.32 Å². The summed E-state index contributed by atoms with van der Waals surface area (Å²) >= 11 is 7.54. The summed E-state index contributed by atoms with van der Waals surface area (Å²) in [5.74, 6) is 0. The molecule has 0 atom stereocenters. The molecule has 2 heterocycles. The van der Waals surface area contributed by atoms with Gasteiger partial charge in [0.1, 0.15) is 0 Å². The number of nitrogens with one attached hydrogen (secondary N) is 1. The number of thiazole rings is 1. The zero-order valence-electron chi connectivity index (χ0n) is 9.64. The summed E-state index contributed by atoms with van der Waals surface area (Å²) in [6.07, 6.45) is 3.61. The second kappa shape index (κ2) is 4.55. The minimum atomic E-state index is 0.731. The Hall–Kier alpha value is -1.65. The molecule has 0 saturated heterocycles. The summed E-state index contributed by atoms with van der Waals surface area (Å²) in [6, 6.07) is 7.73. The molecule has 0 radical (unpaired) electrons. The van der Waals surface area contributed by atoms with Crippen LogP contribution in [0.3, 0.4) is 0 Å². The summed E-state index contributed by atoms with van der Waals surface area (Å²) in [5.41, 5.74) is 3.01. The molecule has 0 saturated carbocycles. The maximum absolute atomic E-state index is 5.96. The molecule has 0 amide bonds. The molecular weight excluding hydrogens is 266 g/mol. The maximum Gasteiger partial charge on any atom is 0.188 e. The third-order valence-corrected chi connectivity index (χ3v) is 3.65. The molecule has 0 aliphatic heterocycles. The van der Waals surface area contributed by atoms with Crippen LogP contribution in [0.1, 0.15) is 5.56 Å². The fourth-order valence-electron chi connectivity index (χ4n) is 1.70. The van der Waals surface area contributed by atoms with Crippen molar-refractivity contribution in [3.05, 3.63) is 47.2 Å². The van der Waals surface area contributed by atoms with Crippen LogP contribution >= 0.6 is 22.9 Å². The number of benzene rings is 1. The summed E-state index contributed by atoms with van der Waals surface area (Å²) in [5, 5.41) is 4.83. The van der Waals surface area contributed by atoms with E-state index in [1.54, 1.807) is 17.5 Å². The standard InChI is InChI=1S/C13H10ClN3S/c1-8-4-10(7-15-6-8)16-13-17-11-3-2-9(14)5-12(11)18-13/h2-7H,1H3,(H,16,17). The topological polar surface area (TPSA) is 37.8 Å². The lowest BCUT2D eigenvalue weighted by Gasteiger charge is -2.01. The smallest absolute Gasteiger partial charge is 0.188 e. The molecule has 1 aromatic carbocycles. The first kappa shape index (κ1) is 11.4. The van der Waals surface area contributed by atoms with E-state index in [2.05, 4.69) is 15.3 Å². The second-order valence-electron chi connectivity index (χ2n) is 4.01. The van der Waals surface area contributed by atoms with Gasteiger partial charge in [0.15, 0.2) is 5.13 Å². The van der Waals surface area contributed by atoms with Crippen LogP contribution in [0.4, 0.5) is 10.8 Å². The molecule has 0 aliphatic rings. The monoisotopic (exact) mass is 275 g/mol. The van der Waals surface area contributed by atoms with Crippen molar-refractivity contribution in [2.24, 2.45) is 0 Å². The van der Waals surface area contributed by atoms with Crippen LogP contribution in [0, 0.1) is 6.92 Å². The molecule has 0 fully saturated rings. The van der Waals surface area contributed by atoms with E-state index in [-0.39, 0.29) is 0 Å². The molecule has 0 unspecified atom stereocenters. The number of rotatable bonds is 2. The Morgan fingerprint density at radius 3 is 2.94 bits per heavy atom. The zero-order chi connectivity index (χ0) is 12.5. The predicted molar refractivity (Wildman–Crippen MR) is 76.9 cm³/mol. The molecule has 90 valence electrons. The number of hydrogen-bond acceptors (Lipinski definition) is 4. The quantitative estimate of drug-likeness (QED) is 0.753. The lowest BCUT2D eigenvalue weighted by atomic mass is 10.3. The Morgan fingerprint density at radius 1 is 1.22 bits per heavy atom. The fourth-order valence-corrected chi connectivity index (χ4v) is 2.86. The van der Waals surface area contributed by atoms with Crippen molar-refractivity contribution in [3.8, 4) is 0 Å². The minimum Gasteiger partial charge on any atom is -0.330 e. The molecule has 3 aromatic rings. The number of nitrogens with zero attached hydrogens (tertiary/aromatic N) is 2. The van der Waals surface area contributed by atoms with Gasteiger partial charge in [0.05, 0.1) is 22.1 Å².